The van der Waals surface area contributed by atoms with Crippen LogP contribution in [0.4, 0.5) is 0 Å². The van der Waals surface area contributed by atoms with Crippen LogP contribution in [0.1, 0.15) is 31.2 Å². The molecule has 1 heterocycles. The third-order valence-electron chi connectivity index (χ3n) is 2.95. The highest BCUT2D eigenvalue weighted by Gasteiger charge is 2.12. The molecule has 1 atom stereocenters. The van der Waals surface area contributed by atoms with Gasteiger partial charge in [-0.2, -0.15) is 4.98 Å². The molecule has 0 bridgehead atoms. The van der Waals surface area contributed by atoms with Crippen molar-refractivity contribution in [2.24, 2.45) is 5.73 Å². The van der Waals surface area contributed by atoms with Crippen LogP contribution in [0.15, 0.2) is 28.8 Å². The maximum atomic E-state index is 5.97. The minimum atomic E-state index is 0.0974. The molecule has 0 fully saturated rings. The fourth-order valence-electron chi connectivity index (χ4n) is 1.97. The van der Waals surface area contributed by atoms with Gasteiger partial charge in [0.25, 0.3) is 0 Å². The molecule has 2 rings (SSSR count). The number of hydrogen-bond donors (Lipinski definition) is 1. The lowest BCUT2D eigenvalue weighted by Gasteiger charge is -2.05. The molecule has 0 saturated carbocycles. The van der Waals surface area contributed by atoms with Crippen molar-refractivity contribution < 1.29 is 4.52 Å². The summed E-state index contributed by atoms with van der Waals surface area (Å²) in [6, 6.07) is 8.10. The van der Waals surface area contributed by atoms with Crippen molar-refractivity contribution in [2.45, 2.75) is 39.2 Å². The number of nitrogens with two attached hydrogens (primary N) is 1. The molecule has 4 nitrogen and oxygen atoms in total. The zero-order valence-corrected chi connectivity index (χ0v) is 10.9. The molecule has 2 N–H and O–H groups in total. The van der Waals surface area contributed by atoms with Crippen molar-refractivity contribution in [3.8, 4) is 11.4 Å². The number of hydrogen-bond acceptors (Lipinski definition) is 4. The third-order valence-corrected chi connectivity index (χ3v) is 2.95. The highest BCUT2D eigenvalue weighted by Crippen LogP contribution is 2.20. The SMILES string of the molecule is CCCC(N)Cc1nc(-c2ccccc2C)no1. The molecular weight excluding hydrogens is 226 g/mol. The maximum absolute atomic E-state index is 5.97. The quantitative estimate of drug-likeness (QED) is 0.879. The molecular formula is C14H19N3O. The Bertz CT molecular complexity index is 507. The van der Waals surface area contributed by atoms with Crippen LogP contribution in [0.5, 0.6) is 0 Å². The summed E-state index contributed by atoms with van der Waals surface area (Å²) in [6.45, 7) is 4.15. The zero-order chi connectivity index (χ0) is 13.0. The van der Waals surface area contributed by atoms with E-state index in [-0.39, 0.29) is 6.04 Å². The van der Waals surface area contributed by atoms with E-state index in [1.807, 2.05) is 31.2 Å². The third kappa shape index (κ3) is 2.96. The van der Waals surface area contributed by atoms with E-state index in [0.29, 0.717) is 18.1 Å². The predicted octanol–water partition coefficient (Wildman–Crippen LogP) is 2.71. The molecule has 96 valence electrons. The first kappa shape index (κ1) is 12.8. The predicted molar refractivity (Wildman–Crippen MR) is 71.1 cm³/mol. The number of aromatic nitrogens is 2. The zero-order valence-electron chi connectivity index (χ0n) is 10.9. The first-order chi connectivity index (χ1) is 8.70. The van der Waals surface area contributed by atoms with E-state index in [0.717, 1.165) is 24.0 Å². The second kappa shape index (κ2) is 5.78. The highest BCUT2D eigenvalue weighted by atomic mass is 16.5. The van der Waals surface area contributed by atoms with E-state index in [1.165, 1.54) is 0 Å². The van der Waals surface area contributed by atoms with Gasteiger partial charge in [0.05, 0.1) is 0 Å². The van der Waals surface area contributed by atoms with Crippen LogP contribution in [0.2, 0.25) is 0 Å². The van der Waals surface area contributed by atoms with Crippen LogP contribution in [0.25, 0.3) is 11.4 Å². The fraction of sp³-hybridized carbons (Fsp3) is 0.429. The van der Waals surface area contributed by atoms with Crippen molar-refractivity contribution >= 4 is 0 Å². The minimum absolute atomic E-state index is 0.0974. The van der Waals surface area contributed by atoms with E-state index in [9.17, 15) is 0 Å². The standard InChI is InChI=1S/C14H19N3O/c1-3-6-11(15)9-13-16-14(17-18-13)12-8-5-4-7-10(12)2/h4-5,7-8,11H,3,6,9,15H2,1-2H3. The topological polar surface area (TPSA) is 64.9 Å². The first-order valence-electron chi connectivity index (χ1n) is 6.35. The van der Waals surface area contributed by atoms with Crippen molar-refractivity contribution in [1.82, 2.24) is 10.1 Å². The van der Waals surface area contributed by atoms with Crippen LogP contribution in [0, 0.1) is 6.92 Å². The summed E-state index contributed by atoms with van der Waals surface area (Å²) >= 11 is 0. The van der Waals surface area contributed by atoms with Gasteiger partial charge in [-0.1, -0.05) is 42.8 Å². The lowest BCUT2D eigenvalue weighted by Crippen LogP contribution is -2.22. The van der Waals surface area contributed by atoms with Crippen LogP contribution >= 0.6 is 0 Å². The van der Waals surface area contributed by atoms with Crippen molar-refractivity contribution in [1.29, 1.82) is 0 Å². The second-order valence-electron chi connectivity index (χ2n) is 4.58. The molecule has 0 aliphatic heterocycles. The lowest BCUT2D eigenvalue weighted by atomic mass is 10.1. The molecule has 18 heavy (non-hydrogen) atoms. The molecule has 1 aromatic carbocycles. The summed E-state index contributed by atoms with van der Waals surface area (Å²) in [6.07, 6.45) is 2.69. The van der Waals surface area contributed by atoms with Gasteiger partial charge in [-0.05, 0) is 18.9 Å². The first-order valence-corrected chi connectivity index (χ1v) is 6.35. The highest BCUT2D eigenvalue weighted by molar-refractivity contribution is 5.58. The maximum Gasteiger partial charge on any atom is 0.228 e. The van der Waals surface area contributed by atoms with Crippen LogP contribution < -0.4 is 5.73 Å². The second-order valence-corrected chi connectivity index (χ2v) is 4.58. The van der Waals surface area contributed by atoms with Gasteiger partial charge >= 0.3 is 0 Å². The Kier molecular flexibility index (Phi) is 4.10. The van der Waals surface area contributed by atoms with E-state index in [2.05, 4.69) is 17.1 Å². The summed E-state index contributed by atoms with van der Waals surface area (Å²) < 4.78 is 5.25. The Hall–Kier alpha value is -1.68. The smallest absolute Gasteiger partial charge is 0.228 e. The Balaban J connectivity index is 2.13. The van der Waals surface area contributed by atoms with E-state index in [1.54, 1.807) is 0 Å². The molecule has 0 radical (unpaired) electrons. The number of nitrogens with zero attached hydrogens (tertiary/aromatic N) is 2. The molecule has 0 aliphatic carbocycles. The molecule has 0 amide bonds. The van der Waals surface area contributed by atoms with Gasteiger partial charge in [0.15, 0.2) is 0 Å². The van der Waals surface area contributed by atoms with E-state index < -0.39 is 0 Å². The molecule has 2 aromatic rings. The van der Waals surface area contributed by atoms with Crippen molar-refractivity contribution in [2.75, 3.05) is 0 Å². The number of rotatable bonds is 5. The number of benzene rings is 1. The van der Waals surface area contributed by atoms with Crippen molar-refractivity contribution in [3.05, 3.63) is 35.7 Å². The lowest BCUT2D eigenvalue weighted by molar-refractivity contribution is 0.366. The molecule has 4 heteroatoms. The molecule has 1 aromatic heterocycles. The molecule has 1 unspecified atom stereocenters. The summed E-state index contributed by atoms with van der Waals surface area (Å²) in [7, 11) is 0. The van der Waals surface area contributed by atoms with E-state index in [4.69, 9.17) is 10.3 Å². The Morgan fingerprint density at radius 1 is 1.33 bits per heavy atom. The average molecular weight is 245 g/mol. The van der Waals surface area contributed by atoms with Crippen LogP contribution in [-0.4, -0.2) is 16.2 Å². The summed E-state index contributed by atoms with van der Waals surface area (Å²) in [4.78, 5) is 4.41. The summed E-state index contributed by atoms with van der Waals surface area (Å²) in [5.41, 5.74) is 8.12. The molecule has 0 spiro atoms. The fourth-order valence-corrected chi connectivity index (χ4v) is 1.97. The summed E-state index contributed by atoms with van der Waals surface area (Å²) in [5, 5.41) is 4.02. The van der Waals surface area contributed by atoms with Gasteiger partial charge in [0.1, 0.15) is 0 Å². The van der Waals surface area contributed by atoms with Gasteiger partial charge in [-0.25, -0.2) is 0 Å². The number of aryl methyl sites for hydroxylation is 1. The molecule has 0 saturated heterocycles. The Labute approximate surface area is 107 Å². The average Bonchev–Trinajstić information content (AvgIpc) is 2.78. The van der Waals surface area contributed by atoms with Crippen LogP contribution in [0.3, 0.4) is 0 Å². The summed E-state index contributed by atoms with van der Waals surface area (Å²) in [5.74, 6) is 1.26. The van der Waals surface area contributed by atoms with Gasteiger partial charge in [-0.3, -0.25) is 0 Å². The van der Waals surface area contributed by atoms with Gasteiger partial charge in [0, 0.05) is 18.0 Å². The normalized spacial score (nSPS) is 12.6. The van der Waals surface area contributed by atoms with Gasteiger partial charge in [-0.15, -0.1) is 0 Å². The largest absolute Gasteiger partial charge is 0.339 e. The van der Waals surface area contributed by atoms with Gasteiger partial charge < -0.3 is 10.3 Å². The molecule has 0 aliphatic rings. The van der Waals surface area contributed by atoms with E-state index >= 15 is 0 Å². The Morgan fingerprint density at radius 2 is 2.11 bits per heavy atom. The van der Waals surface area contributed by atoms with Gasteiger partial charge in [0.2, 0.25) is 11.7 Å². The van der Waals surface area contributed by atoms with Crippen molar-refractivity contribution in [3.63, 3.8) is 0 Å². The monoisotopic (exact) mass is 245 g/mol. The Morgan fingerprint density at radius 3 is 2.83 bits per heavy atom. The van der Waals surface area contributed by atoms with Crippen LogP contribution in [-0.2, 0) is 6.42 Å². The minimum Gasteiger partial charge on any atom is -0.339 e.